The molecule has 2 aromatic carbocycles. The zero-order valence-corrected chi connectivity index (χ0v) is 14.6. The number of benzene rings is 2. The van der Waals surface area contributed by atoms with E-state index in [1.165, 1.54) is 0 Å². The number of methoxy groups -OCH3 is 1. The second-order valence-corrected chi connectivity index (χ2v) is 6.52. The van der Waals surface area contributed by atoms with Crippen molar-refractivity contribution in [2.24, 2.45) is 0 Å². The standard InChI is InChI=1S/C19H20N2O2S/c1-20(16-10-6-7-11-17(16)23-2)13-18-19(22)21(14-24-18)12-15-8-4-3-5-9-15/h3-11,13H,12,14H2,1-2H3. The lowest BCUT2D eigenvalue weighted by atomic mass is 10.2. The van der Waals surface area contributed by atoms with Gasteiger partial charge in [0.25, 0.3) is 5.91 Å². The summed E-state index contributed by atoms with van der Waals surface area (Å²) in [5.74, 6) is 1.54. The van der Waals surface area contributed by atoms with Crippen LogP contribution < -0.4 is 9.64 Å². The molecule has 1 fully saturated rings. The van der Waals surface area contributed by atoms with Crippen LogP contribution in [0.1, 0.15) is 5.56 Å². The van der Waals surface area contributed by atoms with Gasteiger partial charge in [-0.3, -0.25) is 4.79 Å². The fourth-order valence-electron chi connectivity index (χ4n) is 2.60. The Kier molecular flexibility index (Phi) is 5.11. The molecule has 1 aliphatic rings. The van der Waals surface area contributed by atoms with Crippen LogP contribution in [0.2, 0.25) is 0 Å². The average molecular weight is 340 g/mol. The molecule has 3 rings (SSSR count). The van der Waals surface area contributed by atoms with Crippen molar-refractivity contribution >= 4 is 23.4 Å². The third-order valence-corrected chi connectivity index (χ3v) is 4.90. The van der Waals surface area contributed by atoms with E-state index in [0.29, 0.717) is 12.4 Å². The first kappa shape index (κ1) is 16.5. The monoisotopic (exact) mass is 340 g/mol. The molecule has 24 heavy (non-hydrogen) atoms. The number of amides is 1. The molecule has 2 aromatic rings. The van der Waals surface area contributed by atoms with Gasteiger partial charge in [-0.2, -0.15) is 0 Å². The van der Waals surface area contributed by atoms with Gasteiger partial charge < -0.3 is 14.5 Å². The van der Waals surface area contributed by atoms with E-state index in [4.69, 9.17) is 4.74 Å². The van der Waals surface area contributed by atoms with Crippen LogP contribution in [0.3, 0.4) is 0 Å². The van der Waals surface area contributed by atoms with E-state index in [-0.39, 0.29) is 5.91 Å². The number of ether oxygens (including phenoxy) is 1. The molecule has 0 unspecified atom stereocenters. The number of para-hydroxylation sites is 2. The highest BCUT2D eigenvalue weighted by molar-refractivity contribution is 8.04. The topological polar surface area (TPSA) is 32.8 Å². The van der Waals surface area contributed by atoms with Crippen molar-refractivity contribution in [2.75, 3.05) is 24.9 Å². The van der Waals surface area contributed by atoms with Crippen LogP contribution in [0.5, 0.6) is 5.75 Å². The van der Waals surface area contributed by atoms with Crippen LogP contribution in [0.4, 0.5) is 5.69 Å². The normalized spacial score (nSPS) is 15.8. The van der Waals surface area contributed by atoms with Crippen molar-refractivity contribution < 1.29 is 9.53 Å². The third kappa shape index (κ3) is 3.57. The SMILES string of the molecule is COc1ccccc1N(C)C=C1SCN(Cc2ccccc2)C1=O. The zero-order valence-electron chi connectivity index (χ0n) is 13.8. The quantitative estimate of drug-likeness (QED) is 0.777. The van der Waals surface area contributed by atoms with Gasteiger partial charge in [-0.1, -0.05) is 54.2 Å². The number of hydrogen-bond donors (Lipinski definition) is 0. The summed E-state index contributed by atoms with van der Waals surface area (Å²) < 4.78 is 5.38. The fourth-order valence-corrected chi connectivity index (χ4v) is 3.59. The van der Waals surface area contributed by atoms with Gasteiger partial charge in [0.1, 0.15) is 5.75 Å². The molecule has 1 amide bonds. The zero-order chi connectivity index (χ0) is 16.9. The van der Waals surface area contributed by atoms with Crippen LogP contribution in [0.25, 0.3) is 0 Å². The van der Waals surface area contributed by atoms with Crippen molar-refractivity contribution in [1.82, 2.24) is 4.90 Å². The Balaban J connectivity index is 1.73. The van der Waals surface area contributed by atoms with Gasteiger partial charge in [0, 0.05) is 19.8 Å². The minimum Gasteiger partial charge on any atom is -0.495 e. The van der Waals surface area contributed by atoms with Crippen molar-refractivity contribution in [2.45, 2.75) is 6.54 Å². The second kappa shape index (κ2) is 7.45. The molecule has 5 heteroatoms. The Morgan fingerprint density at radius 3 is 2.62 bits per heavy atom. The Bertz CT molecular complexity index is 746. The highest BCUT2D eigenvalue weighted by Gasteiger charge is 2.27. The molecule has 124 valence electrons. The highest BCUT2D eigenvalue weighted by atomic mass is 32.2. The predicted octanol–water partition coefficient (Wildman–Crippen LogP) is 3.71. The molecule has 0 radical (unpaired) electrons. The van der Waals surface area contributed by atoms with Crippen molar-refractivity contribution in [3.63, 3.8) is 0 Å². The first-order valence-corrected chi connectivity index (χ1v) is 8.71. The molecular formula is C19H20N2O2S. The number of anilines is 1. The van der Waals surface area contributed by atoms with Crippen LogP contribution in [0.15, 0.2) is 65.7 Å². The first-order valence-electron chi connectivity index (χ1n) is 7.72. The second-order valence-electron chi connectivity index (χ2n) is 5.54. The number of carbonyl (C=O) groups is 1. The molecule has 4 nitrogen and oxygen atoms in total. The van der Waals surface area contributed by atoms with Gasteiger partial charge in [-0.05, 0) is 17.7 Å². The highest BCUT2D eigenvalue weighted by Crippen LogP contribution is 2.32. The smallest absolute Gasteiger partial charge is 0.262 e. The van der Waals surface area contributed by atoms with E-state index in [2.05, 4.69) is 0 Å². The Morgan fingerprint density at radius 1 is 1.17 bits per heavy atom. The lowest BCUT2D eigenvalue weighted by Gasteiger charge is -2.18. The van der Waals surface area contributed by atoms with E-state index in [9.17, 15) is 4.79 Å². The molecule has 0 spiro atoms. The number of hydrogen-bond acceptors (Lipinski definition) is 4. The maximum Gasteiger partial charge on any atom is 0.262 e. The number of rotatable bonds is 5. The van der Waals surface area contributed by atoms with Gasteiger partial charge in [0.05, 0.1) is 23.6 Å². The van der Waals surface area contributed by atoms with Crippen LogP contribution >= 0.6 is 11.8 Å². The molecular weight excluding hydrogens is 320 g/mol. The molecule has 1 saturated heterocycles. The van der Waals surface area contributed by atoms with Crippen LogP contribution in [-0.2, 0) is 11.3 Å². The van der Waals surface area contributed by atoms with Crippen molar-refractivity contribution in [3.05, 3.63) is 71.3 Å². The third-order valence-electron chi connectivity index (χ3n) is 3.87. The lowest BCUT2D eigenvalue weighted by molar-refractivity contribution is -0.125. The van der Waals surface area contributed by atoms with Crippen molar-refractivity contribution in [3.8, 4) is 5.75 Å². The minimum atomic E-state index is 0.0746. The maximum absolute atomic E-state index is 12.6. The minimum absolute atomic E-state index is 0.0746. The number of carbonyl (C=O) groups excluding carboxylic acids is 1. The summed E-state index contributed by atoms with van der Waals surface area (Å²) in [5.41, 5.74) is 2.08. The van der Waals surface area contributed by atoms with Gasteiger partial charge in [-0.25, -0.2) is 0 Å². The summed E-state index contributed by atoms with van der Waals surface area (Å²) >= 11 is 1.57. The maximum atomic E-state index is 12.6. The van der Waals surface area contributed by atoms with Crippen molar-refractivity contribution in [1.29, 1.82) is 0 Å². The number of thioether (sulfide) groups is 1. The van der Waals surface area contributed by atoms with Gasteiger partial charge in [0.15, 0.2) is 0 Å². The van der Waals surface area contributed by atoms with Crippen LogP contribution in [0, 0.1) is 0 Å². The molecule has 0 saturated carbocycles. The molecule has 0 bridgehead atoms. The van der Waals surface area contributed by atoms with E-state index in [0.717, 1.165) is 21.9 Å². The van der Waals surface area contributed by atoms with E-state index < -0.39 is 0 Å². The van der Waals surface area contributed by atoms with Crippen LogP contribution in [-0.4, -0.2) is 30.8 Å². The van der Waals surface area contributed by atoms with Gasteiger partial charge >= 0.3 is 0 Å². The van der Waals surface area contributed by atoms with E-state index in [1.807, 2.05) is 77.6 Å². The summed E-state index contributed by atoms with van der Waals surface area (Å²) in [6, 6.07) is 17.8. The molecule has 1 heterocycles. The first-order chi connectivity index (χ1) is 11.7. The summed E-state index contributed by atoms with van der Waals surface area (Å²) in [7, 11) is 3.58. The fraction of sp³-hybridized carbons (Fsp3) is 0.211. The average Bonchev–Trinajstić information content (AvgIpc) is 2.96. The molecule has 0 aliphatic carbocycles. The van der Waals surface area contributed by atoms with Gasteiger partial charge in [-0.15, -0.1) is 0 Å². The summed E-state index contributed by atoms with van der Waals surface area (Å²) in [6.07, 6.45) is 1.88. The summed E-state index contributed by atoms with van der Waals surface area (Å²) in [6.45, 7) is 0.641. The van der Waals surface area contributed by atoms with E-state index >= 15 is 0 Å². The van der Waals surface area contributed by atoms with Gasteiger partial charge in [0.2, 0.25) is 0 Å². The molecule has 0 aromatic heterocycles. The molecule has 1 aliphatic heterocycles. The lowest BCUT2D eigenvalue weighted by Crippen LogP contribution is -2.25. The molecule has 0 N–H and O–H groups in total. The predicted molar refractivity (Wildman–Crippen MR) is 98.9 cm³/mol. The summed E-state index contributed by atoms with van der Waals surface area (Å²) in [4.78, 5) is 17.2. The largest absolute Gasteiger partial charge is 0.495 e. The molecule has 0 atom stereocenters. The number of nitrogens with zero attached hydrogens (tertiary/aromatic N) is 2. The Hall–Kier alpha value is -2.40. The van der Waals surface area contributed by atoms with E-state index in [1.54, 1.807) is 18.9 Å². The summed E-state index contributed by atoms with van der Waals surface area (Å²) in [5, 5.41) is 0. The Morgan fingerprint density at radius 2 is 1.88 bits per heavy atom. The Labute approximate surface area is 146 Å².